The van der Waals surface area contributed by atoms with Crippen LogP contribution in [0.1, 0.15) is 20.7 Å². The van der Waals surface area contributed by atoms with Crippen LogP contribution in [0.5, 0.6) is 17.2 Å². The topological polar surface area (TPSA) is 110 Å². The number of anilines is 1. The number of aromatic hydroxyl groups is 1. The van der Waals surface area contributed by atoms with E-state index in [1.807, 2.05) is 0 Å². The lowest BCUT2D eigenvalue weighted by Gasteiger charge is -2.13. The number of hydrogen-bond donors (Lipinski definition) is 1. The molecule has 0 aromatic heterocycles. The summed E-state index contributed by atoms with van der Waals surface area (Å²) < 4.78 is 5.61. The lowest BCUT2D eigenvalue weighted by molar-refractivity contribution is -0.384. The SMILES string of the molecule is O=C1c2ccc(Oc3cccc([N+](=O)[O-])c3)cc2C(=O)N1c1cccc(O)c1. The number of hydrogen-bond acceptors (Lipinski definition) is 6. The number of phenolic OH excluding ortho intramolecular Hbond substituents is 1. The van der Waals surface area contributed by atoms with Crippen molar-refractivity contribution in [1.82, 2.24) is 0 Å². The Morgan fingerprint density at radius 1 is 0.857 bits per heavy atom. The van der Waals surface area contributed by atoms with Gasteiger partial charge in [-0.2, -0.15) is 0 Å². The van der Waals surface area contributed by atoms with Gasteiger partial charge in [-0.1, -0.05) is 12.1 Å². The molecule has 2 amide bonds. The van der Waals surface area contributed by atoms with Crippen LogP contribution in [0.15, 0.2) is 66.7 Å². The molecule has 8 heteroatoms. The maximum Gasteiger partial charge on any atom is 0.273 e. The third-order valence-electron chi connectivity index (χ3n) is 4.21. The molecular weight excluding hydrogens is 364 g/mol. The number of nitro groups is 1. The second kappa shape index (κ2) is 6.51. The average molecular weight is 376 g/mol. The van der Waals surface area contributed by atoms with Gasteiger partial charge < -0.3 is 9.84 Å². The van der Waals surface area contributed by atoms with Gasteiger partial charge >= 0.3 is 0 Å². The summed E-state index contributed by atoms with van der Waals surface area (Å²) >= 11 is 0. The minimum absolute atomic E-state index is 0.0660. The number of nitrogens with zero attached hydrogens (tertiary/aromatic N) is 2. The first-order chi connectivity index (χ1) is 13.4. The molecule has 1 N–H and O–H groups in total. The van der Waals surface area contributed by atoms with E-state index >= 15 is 0 Å². The molecule has 1 aliphatic rings. The Hall–Kier alpha value is -4.20. The van der Waals surface area contributed by atoms with Crippen LogP contribution in [-0.4, -0.2) is 21.8 Å². The number of carbonyl (C=O) groups excluding carboxylic acids is 2. The van der Waals surface area contributed by atoms with Crippen LogP contribution < -0.4 is 9.64 Å². The van der Waals surface area contributed by atoms with Crippen LogP contribution in [-0.2, 0) is 0 Å². The number of ether oxygens (including phenoxy) is 1. The second-order valence-corrected chi connectivity index (χ2v) is 6.03. The van der Waals surface area contributed by atoms with E-state index < -0.39 is 16.7 Å². The van der Waals surface area contributed by atoms with Gasteiger partial charge in [0.1, 0.15) is 17.2 Å². The highest BCUT2D eigenvalue weighted by molar-refractivity contribution is 6.34. The number of rotatable bonds is 4. The smallest absolute Gasteiger partial charge is 0.273 e. The van der Waals surface area contributed by atoms with Gasteiger partial charge in [0.2, 0.25) is 0 Å². The van der Waals surface area contributed by atoms with Crippen LogP contribution in [0.3, 0.4) is 0 Å². The van der Waals surface area contributed by atoms with Gasteiger partial charge in [0.25, 0.3) is 17.5 Å². The predicted molar refractivity (Wildman–Crippen MR) is 98.9 cm³/mol. The van der Waals surface area contributed by atoms with E-state index in [0.717, 1.165) is 4.90 Å². The van der Waals surface area contributed by atoms with E-state index in [4.69, 9.17) is 4.74 Å². The summed E-state index contributed by atoms with van der Waals surface area (Å²) in [6.07, 6.45) is 0. The van der Waals surface area contributed by atoms with Gasteiger partial charge in [-0.05, 0) is 36.4 Å². The first-order valence-corrected chi connectivity index (χ1v) is 8.18. The molecule has 0 bridgehead atoms. The summed E-state index contributed by atoms with van der Waals surface area (Å²) in [5, 5.41) is 20.5. The molecular formula is C20H12N2O6. The highest BCUT2D eigenvalue weighted by Crippen LogP contribution is 2.33. The maximum absolute atomic E-state index is 12.7. The van der Waals surface area contributed by atoms with Gasteiger partial charge in [0, 0.05) is 12.1 Å². The number of fused-ring (bicyclic) bond motifs is 1. The minimum atomic E-state index is -0.546. The number of amides is 2. The van der Waals surface area contributed by atoms with Crippen molar-refractivity contribution in [3.05, 3.63) is 88.0 Å². The van der Waals surface area contributed by atoms with Crippen LogP contribution >= 0.6 is 0 Å². The summed E-state index contributed by atoms with van der Waals surface area (Å²) in [7, 11) is 0. The summed E-state index contributed by atoms with van der Waals surface area (Å²) in [5.74, 6) is -0.625. The molecule has 1 heterocycles. The van der Waals surface area contributed by atoms with Crippen molar-refractivity contribution in [2.45, 2.75) is 0 Å². The van der Waals surface area contributed by atoms with E-state index in [2.05, 4.69) is 0 Å². The van der Waals surface area contributed by atoms with Crippen molar-refractivity contribution in [3.8, 4) is 17.2 Å². The molecule has 3 aromatic carbocycles. The number of imide groups is 1. The van der Waals surface area contributed by atoms with Crippen molar-refractivity contribution in [2.24, 2.45) is 0 Å². The number of nitro benzene ring substituents is 1. The Bertz CT molecular complexity index is 1140. The Labute approximate surface area is 158 Å². The van der Waals surface area contributed by atoms with Gasteiger partial charge in [0.15, 0.2) is 0 Å². The van der Waals surface area contributed by atoms with E-state index in [0.29, 0.717) is 0 Å². The molecule has 8 nitrogen and oxygen atoms in total. The molecule has 0 aliphatic carbocycles. The third kappa shape index (κ3) is 2.92. The highest BCUT2D eigenvalue weighted by atomic mass is 16.6. The van der Waals surface area contributed by atoms with Crippen molar-refractivity contribution in [2.75, 3.05) is 4.90 Å². The zero-order chi connectivity index (χ0) is 19.8. The predicted octanol–water partition coefficient (Wildman–Crippen LogP) is 3.89. The van der Waals surface area contributed by atoms with Crippen molar-refractivity contribution < 1.29 is 24.4 Å². The third-order valence-corrected chi connectivity index (χ3v) is 4.21. The fraction of sp³-hybridized carbons (Fsp3) is 0. The van der Waals surface area contributed by atoms with Gasteiger partial charge in [0.05, 0.1) is 27.8 Å². The molecule has 0 atom stereocenters. The normalized spacial score (nSPS) is 12.8. The molecule has 28 heavy (non-hydrogen) atoms. The van der Waals surface area contributed by atoms with Crippen LogP contribution in [0.2, 0.25) is 0 Å². The van der Waals surface area contributed by atoms with E-state index in [-0.39, 0.29) is 39.8 Å². The summed E-state index contributed by atoms with van der Waals surface area (Å²) in [6.45, 7) is 0. The number of phenols is 1. The summed E-state index contributed by atoms with van der Waals surface area (Å²) in [5.41, 5.74) is 0.489. The van der Waals surface area contributed by atoms with Crippen LogP contribution in [0.25, 0.3) is 0 Å². The molecule has 0 unspecified atom stereocenters. The van der Waals surface area contributed by atoms with E-state index in [1.54, 1.807) is 12.1 Å². The minimum Gasteiger partial charge on any atom is -0.508 e. The molecule has 1 aliphatic heterocycles. The van der Waals surface area contributed by atoms with Gasteiger partial charge in [-0.3, -0.25) is 19.7 Å². The Balaban J connectivity index is 1.66. The van der Waals surface area contributed by atoms with E-state index in [9.17, 15) is 24.8 Å². The zero-order valence-electron chi connectivity index (χ0n) is 14.2. The Morgan fingerprint density at radius 2 is 1.57 bits per heavy atom. The monoisotopic (exact) mass is 376 g/mol. The van der Waals surface area contributed by atoms with Crippen molar-refractivity contribution in [1.29, 1.82) is 0 Å². The molecule has 0 fully saturated rings. The molecule has 0 saturated carbocycles. The molecule has 0 spiro atoms. The Morgan fingerprint density at radius 3 is 2.32 bits per heavy atom. The van der Waals surface area contributed by atoms with Crippen LogP contribution in [0, 0.1) is 10.1 Å². The zero-order valence-corrected chi connectivity index (χ0v) is 14.2. The fourth-order valence-electron chi connectivity index (χ4n) is 2.95. The standard InChI is InChI=1S/C20H12N2O6/c23-14-5-1-3-12(9-14)21-19(24)17-8-7-16(11-18(17)20(21)25)28-15-6-2-4-13(10-15)22(26)27/h1-11,23H. The van der Waals surface area contributed by atoms with Crippen LogP contribution in [0.4, 0.5) is 11.4 Å². The molecule has 3 aromatic rings. The van der Waals surface area contributed by atoms with Gasteiger partial charge in [-0.25, -0.2) is 4.90 Å². The summed E-state index contributed by atoms with van der Waals surface area (Å²) in [4.78, 5) is 36.7. The van der Waals surface area contributed by atoms with Crippen molar-refractivity contribution in [3.63, 3.8) is 0 Å². The summed E-state index contributed by atoms with van der Waals surface area (Å²) in [6, 6.07) is 15.9. The lowest BCUT2D eigenvalue weighted by atomic mass is 10.1. The lowest BCUT2D eigenvalue weighted by Crippen LogP contribution is -2.29. The molecule has 4 rings (SSSR count). The number of carbonyl (C=O) groups is 2. The molecule has 138 valence electrons. The van der Waals surface area contributed by atoms with Gasteiger partial charge in [-0.15, -0.1) is 0 Å². The number of benzene rings is 3. The van der Waals surface area contributed by atoms with E-state index in [1.165, 1.54) is 54.6 Å². The first-order valence-electron chi connectivity index (χ1n) is 8.18. The van der Waals surface area contributed by atoms with Crippen molar-refractivity contribution >= 4 is 23.2 Å². The first kappa shape index (κ1) is 17.2. The number of non-ortho nitro benzene ring substituents is 1. The second-order valence-electron chi connectivity index (χ2n) is 6.03. The highest BCUT2D eigenvalue weighted by Gasteiger charge is 2.37. The maximum atomic E-state index is 12.7. The average Bonchev–Trinajstić information content (AvgIpc) is 2.92. The fourth-order valence-corrected chi connectivity index (χ4v) is 2.95. The quantitative estimate of drug-likeness (QED) is 0.420. The Kier molecular flexibility index (Phi) is 4.00. The molecule has 0 saturated heterocycles. The largest absolute Gasteiger partial charge is 0.508 e. The molecule has 0 radical (unpaired) electrons.